The molecular weight excluding hydrogens is 408 g/mol. The molecule has 0 saturated heterocycles. The molecule has 2 aromatic heterocycles. The summed E-state index contributed by atoms with van der Waals surface area (Å²) in [6.45, 7) is 5.44. The zero-order valence-corrected chi connectivity index (χ0v) is 18.2. The van der Waals surface area contributed by atoms with Crippen LogP contribution in [-0.4, -0.2) is 26.1 Å². The molecule has 4 rings (SSSR count). The molecule has 0 atom stereocenters. The summed E-state index contributed by atoms with van der Waals surface area (Å²) in [6, 6.07) is 19.6. The van der Waals surface area contributed by atoms with Crippen molar-refractivity contribution >= 4 is 35.0 Å². The van der Waals surface area contributed by atoms with Crippen LogP contribution in [0.15, 0.2) is 70.7 Å². The molecule has 1 amide bonds. The number of aromatic amines is 1. The molecule has 2 heterocycles. The molecule has 7 nitrogen and oxygen atoms in total. The normalized spacial score (nSPS) is 10.7. The lowest BCUT2D eigenvalue weighted by molar-refractivity contribution is -0.114. The molecule has 0 bridgehead atoms. The zero-order valence-electron chi connectivity index (χ0n) is 17.4. The zero-order chi connectivity index (χ0) is 21.8. The molecule has 0 spiro atoms. The van der Waals surface area contributed by atoms with Gasteiger partial charge in [-0.1, -0.05) is 30.3 Å². The number of nitrogens with zero attached hydrogens (tertiary/aromatic N) is 3. The van der Waals surface area contributed by atoms with E-state index in [-0.39, 0.29) is 5.91 Å². The highest BCUT2D eigenvalue weighted by molar-refractivity contribution is 7.99. The minimum absolute atomic E-state index is 0.0981. The summed E-state index contributed by atoms with van der Waals surface area (Å²) in [7, 11) is 0. The van der Waals surface area contributed by atoms with Crippen LogP contribution in [-0.2, 0) is 4.79 Å². The SMILES string of the molecule is CC(=O)Nc1ccc(Sc2nc(Nc3cc(C)[nH]n3)c(C)c(-c3ccccc3)n2)cc1. The molecule has 4 aromatic rings. The Kier molecular flexibility index (Phi) is 5.99. The fourth-order valence-electron chi connectivity index (χ4n) is 3.06. The summed E-state index contributed by atoms with van der Waals surface area (Å²) >= 11 is 1.46. The van der Waals surface area contributed by atoms with Crippen LogP contribution in [0.25, 0.3) is 11.3 Å². The molecule has 0 aliphatic rings. The van der Waals surface area contributed by atoms with Crippen molar-refractivity contribution in [1.82, 2.24) is 20.2 Å². The van der Waals surface area contributed by atoms with Crippen molar-refractivity contribution < 1.29 is 4.79 Å². The third-order valence-corrected chi connectivity index (χ3v) is 5.38. The molecule has 8 heteroatoms. The summed E-state index contributed by atoms with van der Waals surface area (Å²) in [5, 5.41) is 13.9. The van der Waals surface area contributed by atoms with Crippen LogP contribution in [0.3, 0.4) is 0 Å². The van der Waals surface area contributed by atoms with Gasteiger partial charge in [-0.3, -0.25) is 9.89 Å². The Hall–Kier alpha value is -3.65. The highest BCUT2D eigenvalue weighted by atomic mass is 32.2. The van der Waals surface area contributed by atoms with Gasteiger partial charge in [-0.2, -0.15) is 5.10 Å². The van der Waals surface area contributed by atoms with E-state index in [1.54, 1.807) is 0 Å². The maximum absolute atomic E-state index is 11.2. The summed E-state index contributed by atoms with van der Waals surface area (Å²) in [5.41, 5.74) is 4.54. The minimum Gasteiger partial charge on any atom is -0.326 e. The lowest BCUT2D eigenvalue weighted by atomic mass is 10.1. The molecule has 0 aliphatic carbocycles. The van der Waals surface area contributed by atoms with Crippen LogP contribution >= 0.6 is 11.8 Å². The van der Waals surface area contributed by atoms with E-state index in [1.165, 1.54) is 18.7 Å². The van der Waals surface area contributed by atoms with E-state index < -0.39 is 0 Å². The van der Waals surface area contributed by atoms with E-state index in [9.17, 15) is 4.79 Å². The highest BCUT2D eigenvalue weighted by Crippen LogP contribution is 2.33. The van der Waals surface area contributed by atoms with Crippen LogP contribution < -0.4 is 10.6 Å². The second kappa shape index (κ2) is 9.01. The van der Waals surface area contributed by atoms with Gasteiger partial charge in [-0.25, -0.2) is 9.97 Å². The Bertz CT molecular complexity index is 1200. The average molecular weight is 431 g/mol. The molecule has 0 radical (unpaired) electrons. The number of hydrogen-bond acceptors (Lipinski definition) is 6. The van der Waals surface area contributed by atoms with E-state index >= 15 is 0 Å². The number of benzene rings is 2. The number of amides is 1. The molecule has 156 valence electrons. The Labute approximate surface area is 184 Å². The number of nitrogens with one attached hydrogen (secondary N) is 3. The molecule has 31 heavy (non-hydrogen) atoms. The summed E-state index contributed by atoms with van der Waals surface area (Å²) in [4.78, 5) is 21.8. The van der Waals surface area contributed by atoms with Crippen LogP contribution in [0.5, 0.6) is 0 Å². The molecule has 3 N–H and O–H groups in total. The maximum Gasteiger partial charge on any atom is 0.221 e. The van der Waals surface area contributed by atoms with E-state index in [2.05, 4.69) is 20.8 Å². The van der Waals surface area contributed by atoms with Gasteiger partial charge >= 0.3 is 0 Å². The van der Waals surface area contributed by atoms with Gasteiger partial charge in [-0.15, -0.1) is 0 Å². The van der Waals surface area contributed by atoms with Crippen molar-refractivity contribution in [3.8, 4) is 11.3 Å². The Morgan fingerprint density at radius 3 is 2.39 bits per heavy atom. The molecule has 0 fully saturated rings. The van der Waals surface area contributed by atoms with Gasteiger partial charge in [-0.05, 0) is 49.9 Å². The molecule has 0 saturated carbocycles. The number of rotatable bonds is 6. The van der Waals surface area contributed by atoms with E-state index in [0.29, 0.717) is 16.8 Å². The number of carbonyl (C=O) groups excluding carboxylic acids is 1. The molecule has 2 aromatic carbocycles. The summed E-state index contributed by atoms with van der Waals surface area (Å²) in [6.07, 6.45) is 0. The lowest BCUT2D eigenvalue weighted by Gasteiger charge is -2.13. The third-order valence-electron chi connectivity index (χ3n) is 4.51. The Morgan fingerprint density at radius 1 is 1.00 bits per heavy atom. The van der Waals surface area contributed by atoms with Crippen LogP contribution in [0.4, 0.5) is 17.3 Å². The van der Waals surface area contributed by atoms with E-state index in [4.69, 9.17) is 9.97 Å². The Balaban J connectivity index is 1.69. The molecule has 0 unspecified atom stereocenters. The van der Waals surface area contributed by atoms with E-state index in [0.717, 1.165) is 33.1 Å². The fraction of sp³-hybridized carbons (Fsp3) is 0.130. The quantitative estimate of drug-likeness (QED) is 0.358. The van der Waals surface area contributed by atoms with Gasteiger partial charge in [0.1, 0.15) is 5.82 Å². The van der Waals surface area contributed by atoms with Crippen LogP contribution in [0.1, 0.15) is 18.2 Å². The first kappa shape index (κ1) is 20.6. The standard InChI is InChI=1S/C23H22N6OS/c1-14-13-20(29-28-14)25-22-15(2)21(17-7-5-4-6-8-17)26-23(27-22)31-19-11-9-18(10-12-19)24-16(3)30/h4-13H,1-3H3,(H,24,30)(H2,25,26,27,28,29). The van der Waals surface area contributed by atoms with Gasteiger partial charge in [0.15, 0.2) is 11.0 Å². The first-order valence-electron chi connectivity index (χ1n) is 9.76. The summed E-state index contributed by atoms with van der Waals surface area (Å²) < 4.78 is 0. The number of anilines is 3. The first-order valence-corrected chi connectivity index (χ1v) is 10.6. The number of carbonyl (C=O) groups is 1. The van der Waals surface area contributed by atoms with Crippen molar-refractivity contribution in [2.45, 2.75) is 30.8 Å². The molecular formula is C23H22N6OS. The lowest BCUT2D eigenvalue weighted by Crippen LogP contribution is -2.05. The number of aromatic nitrogens is 4. The smallest absolute Gasteiger partial charge is 0.221 e. The highest BCUT2D eigenvalue weighted by Gasteiger charge is 2.15. The van der Waals surface area contributed by atoms with Crippen LogP contribution in [0.2, 0.25) is 0 Å². The maximum atomic E-state index is 11.2. The first-order chi connectivity index (χ1) is 15.0. The molecule has 0 aliphatic heterocycles. The topological polar surface area (TPSA) is 95.6 Å². The van der Waals surface area contributed by atoms with Gasteiger partial charge in [0.2, 0.25) is 5.91 Å². The van der Waals surface area contributed by atoms with Crippen molar-refractivity contribution in [3.05, 3.63) is 71.9 Å². The van der Waals surface area contributed by atoms with Crippen molar-refractivity contribution in [3.63, 3.8) is 0 Å². The van der Waals surface area contributed by atoms with Crippen molar-refractivity contribution in [2.75, 3.05) is 10.6 Å². The summed E-state index contributed by atoms with van der Waals surface area (Å²) in [5.74, 6) is 1.31. The van der Waals surface area contributed by atoms with Crippen LogP contribution in [0, 0.1) is 13.8 Å². The van der Waals surface area contributed by atoms with E-state index in [1.807, 2.05) is 74.5 Å². The average Bonchev–Trinajstić information content (AvgIpc) is 3.16. The predicted octanol–water partition coefficient (Wildman–Crippen LogP) is 5.34. The predicted molar refractivity (Wildman–Crippen MR) is 124 cm³/mol. The van der Waals surface area contributed by atoms with Gasteiger partial charge < -0.3 is 10.6 Å². The van der Waals surface area contributed by atoms with Gasteiger partial charge in [0, 0.05) is 40.4 Å². The minimum atomic E-state index is -0.0981. The second-order valence-corrected chi connectivity index (χ2v) is 8.10. The van der Waals surface area contributed by atoms with Crippen molar-refractivity contribution in [2.24, 2.45) is 0 Å². The largest absolute Gasteiger partial charge is 0.326 e. The number of aryl methyl sites for hydroxylation is 1. The second-order valence-electron chi connectivity index (χ2n) is 7.06. The Morgan fingerprint density at radius 2 is 1.74 bits per heavy atom. The fourth-order valence-corrected chi connectivity index (χ4v) is 3.82. The number of hydrogen-bond donors (Lipinski definition) is 3. The van der Waals surface area contributed by atoms with Gasteiger partial charge in [0.25, 0.3) is 0 Å². The van der Waals surface area contributed by atoms with Gasteiger partial charge in [0.05, 0.1) is 5.69 Å². The van der Waals surface area contributed by atoms with Crippen molar-refractivity contribution in [1.29, 1.82) is 0 Å². The number of H-pyrrole nitrogens is 1. The monoisotopic (exact) mass is 430 g/mol. The third kappa shape index (κ3) is 5.10.